The summed E-state index contributed by atoms with van der Waals surface area (Å²) >= 11 is 0. The maximum Gasteiger partial charge on any atom is 0.407 e. The lowest BCUT2D eigenvalue weighted by Crippen LogP contribution is -2.52. The molecule has 5 rings (SSSR count). The number of aliphatic hydroxyl groups is 1. The van der Waals surface area contributed by atoms with Gasteiger partial charge in [0.25, 0.3) is 5.91 Å². The predicted molar refractivity (Wildman–Crippen MR) is 121 cm³/mol. The van der Waals surface area contributed by atoms with E-state index in [1.165, 1.54) is 11.1 Å². The molecule has 2 fully saturated rings. The molecule has 2 atom stereocenters. The maximum atomic E-state index is 12.7. The summed E-state index contributed by atoms with van der Waals surface area (Å²) < 4.78 is 5.63. The zero-order chi connectivity index (χ0) is 22.1. The third kappa shape index (κ3) is 4.37. The molecule has 2 aromatic rings. The Labute approximate surface area is 188 Å². The van der Waals surface area contributed by atoms with Crippen molar-refractivity contribution in [2.24, 2.45) is 5.92 Å². The lowest BCUT2D eigenvalue weighted by atomic mass is 9.80. The molecule has 0 aromatic heterocycles. The zero-order valence-electron chi connectivity index (χ0n) is 18.1. The summed E-state index contributed by atoms with van der Waals surface area (Å²) in [6.45, 7) is 0.209. The van der Waals surface area contributed by atoms with Crippen molar-refractivity contribution in [1.29, 1.82) is 0 Å². The molecular weight excluding hydrogens is 404 g/mol. The number of aliphatic hydroxyl groups excluding tert-OH is 1. The van der Waals surface area contributed by atoms with Gasteiger partial charge in [0.15, 0.2) is 6.10 Å². The number of amides is 2. The van der Waals surface area contributed by atoms with Gasteiger partial charge in [0.05, 0.1) is 6.04 Å². The minimum Gasteiger partial charge on any atom is -0.449 e. The Balaban J connectivity index is 1.24. The molecular formula is C26H30N2O4. The fourth-order valence-electron chi connectivity index (χ4n) is 4.84. The number of hydrogen-bond donors (Lipinski definition) is 3. The topological polar surface area (TPSA) is 87.7 Å². The van der Waals surface area contributed by atoms with Crippen LogP contribution >= 0.6 is 0 Å². The van der Waals surface area contributed by atoms with E-state index in [1.54, 1.807) is 0 Å². The molecule has 2 amide bonds. The lowest BCUT2D eigenvalue weighted by molar-refractivity contribution is -0.131. The number of nitrogens with one attached hydrogen (secondary N) is 2. The Hall–Kier alpha value is -2.86. The number of ether oxygens (including phenoxy) is 1. The summed E-state index contributed by atoms with van der Waals surface area (Å²) in [6.07, 6.45) is 3.93. The number of fused-ring (bicyclic) bond motifs is 3. The van der Waals surface area contributed by atoms with Crippen molar-refractivity contribution in [3.8, 4) is 11.1 Å². The van der Waals surface area contributed by atoms with E-state index in [4.69, 9.17) is 4.74 Å². The molecule has 1 unspecified atom stereocenters. The fraction of sp³-hybridized carbons (Fsp3) is 0.462. The Bertz CT molecular complexity index is 953. The zero-order valence-corrected chi connectivity index (χ0v) is 18.1. The van der Waals surface area contributed by atoms with Gasteiger partial charge in [-0.05, 0) is 47.4 Å². The SMILES string of the molecule is O=C(N[C@@H](CC1CCC1)C(O)C(=O)NC1CC1)OCC1c2ccccc2-c2ccccc21. The second kappa shape index (κ2) is 8.94. The molecule has 0 radical (unpaired) electrons. The van der Waals surface area contributed by atoms with Gasteiger partial charge in [-0.1, -0.05) is 67.8 Å². The van der Waals surface area contributed by atoms with Crippen molar-refractivity contribution in [1.82, 2.24) is 10.6 Å². The van der Waals surface area contributed by atoms with Crippen LogP contribution in [0.1, 0.15) is 55.6 Å². The summed E-state index contributed by atoms with van der Waals surface area (Å²) in [5.41, 5.74) is 4.65. The molecule has 0 spiro atoms. The number of carbonyl (C=O) groups excluding carboxylic acids is 2. The average Bonchev–Trinajstić information content (AvgIpc) is 3.53. The van der Waals surface area contributed by atoms with Crippen molar-refractivity contribution in [3.63, 3.8) is 0 Å². The van der Waals surface area contributed by atoms with Crippen LogP contribution in [0.5, 0.6) is 0 Å². The monoisotopic (exact) mass is 434 g/mol. The molecule has 32 heavy (non-hydrogen) atoms. The van der Waals surface area contributed by atoms with Crippen LogP contribution < -0.4 is 10.6 Å². The first-order valence-corrected chi connectivity index (χ1v) is 11.7. The van der Waals surface area contributed by atoms with Gasteiger partial charge in [-0.2, -0.15) is 0 Å². The van der Waals surface area contributed by atoms with Gasteiger partial charge in [-0.25, -0.2) is 4.79 Å². The van der Waals surface area contributed by atoms with Gasteiger partial charge in [0.1, 0.15) is 6.61 Å². The molecule has 168 valence electrons. The highest BCUT2D eigenvalue weighted by molar-refractivity contribution is 5.83. The third-order valence-electron chi connectivity index (χ3n) is 7.03. The highest BCUT2D eigenvalue weighted by Gasteiger charge is 2.35. The first kappa shape index (κ1) is 21.0. The molecule has 2 aromatic carbocycles. The van der Waals surface area contributed by atoms with Crippen LogP contribution in [0.4, 0.5) is 4.79 Å². The highest BCUT2D eigenvalue weighted by Crippen LogP contribution is 2.44. The molecule has 3 aliphatic rings. The lowest BCUT2D eigenvalue weighted by Gasteiger charge is -2.32. The van der Waals surface area contributed by atoms with E-state index in [0.717, 1.165) is 43.2 Å². The van der Waals surface area contributed by atoms with E-state index in [1.807, 2.05) is 24.3 Å². The number of carbonyl (C=O) groups is 2. The van der Waals surface area contributed by atoms with Crippen LogP contribution in [0, 0.1) is 5.92 Å². The predicted octanol–water partition coefficient (Wildman–Crippen LogP) is 3.72. The molecule has 3 N–H and O–H groups in total. The minimum absolute atomic E-state index is 0.0266. The van der Waals surface area contributed by atoms with Crippen LogP contribution in [-0.4, -0.2) is 41.9 Å². The number of alkyl carbamates (subject to hydrolysis) is 1. The van der Waals surface area contributed by atoms with E-state index in [-0.39, 0.29) is 18.6 Å². The van der Waals surface area contributed by atoms with Gasteiger partial charge in [-0.15, -0.1) is 0 Å². The molecule has 6 nitrogen and oxygen atoms in total. The Morgan fingerprint density at radius 2 is 1.59 bits per heavy atom. The van der Waals surface area contributed by atoms with Crippen LogP contribution in [-0.2, 0) is 9.53 Å². The Kier molecular flexibility index (Phi) is 5.87. The third-order valence-corrected chi connectivity index (χ3v) is 7.03. The van der Waals surface area contributed by atoms with E-state index in [0.29, 0.717) is 12.3 Å². The van der Waals surface area contributed by atoms with Crippen molar-refractivity contribution in [2.45, 2.75) is 62.6 Å². The van der Waals surface area contributed by atoms with Crippen molar-refractivity contribution < 1.29 is 19.4 Å². The number of rotatable bonds is 8. The molecule has 0 saturated heterocycles. The fourth-order valence-corrected chi connectivity index (χ4v) is 4.84. The van der Waals surface area contributed by atoms with Gasteiger partial charge in [0, 0.05) is 12.0 Å². The highest BCUT2D eigenvalue weighted by atomic mass is 16.5. The second-order valence-corrected chi connectivity index (χ2v) is 9.34. The molecule has 0 aliphatic heterocycles. The Morgan fingerprint density at radius 1 is 0.969 bits per heavy atom. The first-order chi connectivity index (χ1) is 15.6. The normalized spacial score (nSPS) is 19.3. The second-order valence-electron chi connectivity index (χ2n) is 9.34. The number of hydrogen-bond acceptors (Lipinski definition) is 4. The van der Waals surface area contributed by atoms with Crippen LogP contribution in [0.3, 0.4) is 0 Å². The molecule has 2 saturated carbocycles. The van der Waals surface area contributed by atoms with E-state index in [2.05, 4.69) is 34.9 Å². The van der Waals surface area contributed by atoms with E-state index < -0.39 is 24.1 Å². The van der Waals surface area contributed by atoms with Crippen molar-refractivity contribution >= 4 is 12.0 Å². The summed E-state index contributed by atoms with van der Waals surface area (Å²) in [5, 5.41) is 16.3. The number of benzene rings is 2. The average molecular weight is 435 g/mol. The Morgan fingerprint density at radius 3 is 2.16 bits per heavy atom. The quantitative estimate of drug-likeness (QED) is 0.591. The summed E-state index contributed by atoms with van der Waals surface area (Å²) in [7, 11) is 0. The maximum absolute atomic E-state index is 12.7. The summed E-state index contributed by atoms with van der Waals surface area (Å²) in [4.78, 5) is 25.1. The first-order valence-electron chi connectivity index (χ1n) is 11.7. The molecule has 3 aliphatic carbocycles. The molecule has 0 bridgehead atoms. The summed E-state index contributed by atoms with van der Waals surface area (Å²) in [5.74, 6) is -0.00523. The van der Waals surface area contributed by atoms with Crippen LogP contribution in [0.2, 0.25) is 0 Å². The largest absolute Gasteiger partial charge is 0.449 e. The van der Waals surface area contributed by atoms with Crippen molar-refractivity contribution in [3.05, 3.63) is 59.7 Å². The van der Waals surface area contributed by atoms with Gasteiger partial charge >= 0.3 is 6.09 Å². The minimum atomic E-state index is -1.27. The van der Waals surface area contributed by atoms with Crippen LogP contribution in [0.15, 0.2) is 48.5 Å². The van der Waals surface area contributed by atoms with Crippen LogP contribution in [0.25, 0.3) is 11.1 Å². The molecule has 6 heteroatoms. The standard InChI is InChI=1S/C26H30N2O4/c29-24(25(30)27-17-12-13-17)23(14-16-6-5-7-16)28-26(31)32-15-22-20-10-3-1-8-18(20)19-9-2-4-11-21(19)22/h1-4,8-11,16-17,22-24,29H,5-7,12-15H2,(H,27,30)(H,28,31)/t23-,24?/m0/s1. The smallest absolute Gasteiger partial charge is 0.407 e. The van der Waals surface area contributed by atoms with E-state index >= 15 is 0 Å². The van der Waals surface area contributed by atoms with Gasteiger partial charge < -0.3 is 20.5 Å². The van der Waals surface area contributed by atoms with Gasteiger partial charge in [0.2, 0.25) is 0 Å². The molecule has 0 heterocycles. The van der Waals surface area contributed by atoms with E-state index in [9.17, 15) is 14.7 Å². The van der Waals surface area contributed by atoms with Crippen molar-refractivity contribution in [2.75, 3.05) is 6.61 Å². The van der Waals surface area contributed by atoms with Gasteiger partial charge in [-0.3, -0.25) is 4.79 Å². The summed E-state index contributed by atoms with van der Waals surface area (Å²) in [6, 6.07) is 15.9.